The number of hydrogen-bond acceptors (Lipinski definition) is 11. The number of nitrogens with zero attached hydrogens (tertiary/aromatic N) is 7. The third kappa shape index (κ3) is 6.76. The molecule has 0 aliphatic carbocycles. The molecule has 214 valence electrons. The molecule has 1 amide bonds. The van der Waals surface area contributed by atoms with Gasteiger partial charge >= 0.3 is 0 Å². The number of rotatable bonds is 10. The molecule has 2 aromatic heterocycles. The van der Waals surface area contributed by atoms with Crippen LogP contribution in [-0.4, -0.2) is 62.5 Å². The van der Waals surface area contributed by atoms with Crippen molar-refractivity contribution in [3.8, 4) is 17.3 Å². The molecule has 3 N–H and O–H groups in total. The summed E-state index contributed by atoms with van der Waals surface area (Å²) in [7, 11) is 1.53. The van der Waals surface area contributed by atoms with E-state index in [0.717, 1.165) is 31.5 Å². The molecule has 4 aromatic rings. The van der Waals surface area contributed by atoms with Crippen molar-refractivity contribution in [2.75, 3.05) is 25.9 Å². The molecule has 0 spiro atoms. The van der Waals surface area contributed by atoms with Gasteiger partial charge in [0.15, 0.2) is 17.2 Å². The lowest BCUT2D eigenvalue weighted by atomic mass is 10.1. The molecule has 15 heteroatoms. The number of ether oxygens (including phenoxy) is 2. The van der Waals surface area contributed by atoms with Crippen LogP contribution in [0.2, 0.25) is 10.0 Å². The van der Waals surface area contributed by atoms with Gasteiger partial charge in [0.25, 0.3) is 5.91 Å². The Morgan fingerprint density at radius 2 is 1.98 bits per heavy atom. The molecular formula is C26H27Cl2N9O4. The highest BCUT2D eigenvalue weighted by molar-refractivity contribution is 6.35. The topological polar surface area (TPSA) is 159 Å². The number of benzene rings is 2. The average Bonchev–Trinajstić information content (AvgIpc) is 3.59. The van der Waals surface area contributed by atoms with Gasteiger partial charge in [0, 0.05) is 22.2 Å². The summed E-state index contributed by atoms with van der Waals surface area (Å²) in [5.74, 6) is 0.482. The van der Waals surface area contributed by atoms with Crippen LogP contribution in [0.3, 0.4) is 0 Å². The lowest BCUT2D eigenvalue weighted by molar-refractivity contribution is 0.0944. The summed E-state index contributed by atoms with van der Waals surface area (Å²) >= 11 is 12.2. The smallest absolute Gasteiger partial charge is 0.292 e. The van der Waals surface area contributed by atoms with E-state index in [-0.39, 0.29) is 23.9 Å². The van der Waals surface area contributed by atoms with E-state index in [1.807, 2.05) is 0 Å². The van der Waals surface area contributed by atoms with Gasteiger partial charge in [-0.2, -0.15) is 9.78 Å². The molecule has 1 saturated heterocycles. The van der Waals surface area contributed by atoms with E-state index in [2.05, 4.69) is 36.1 Å². The van der Waals surface area contributed by atoms with Crippen molar-refractivity contribution in [3.63, 3.8) is 0 Å². The predicted molar refractivity (Wildman–Crippen MR) is 152 cm³/mol. The Morgan fingerprint density at radius 1 is 1.15 bits per heavy atom. The highest BCUT2D eigenvalue weighted by Crippen LogP contribution is 2.30. The molecule has 0 atom stereocenters. The molecule has 0 bridgehead atoms. The zero-order valence-electron chi connectivity index (χ0n) is 22.1. The van der Waals surface area contributed by atoms with Crippen LogP contribution in [0.1, 0.15) is 46.6 Å². The highest BCUT2D eigenvalue weighted by atomic mass is 35.5. The van der Waals surface area contributed by atoms with Gasteiger partial charge in [0.05, 0.1) is 13.3 Å². The van der Waals surface area contributed by atoms with Crippen molar-refractivity contribution in [1.29, 1.82) is 0 Å². The third-order valence-corrected chi connectivity index (χ3v) is 7.03. The number of halogens is 2. The summed E-state index contributed by atoms with van der Waals surface area (Å²) in [6.07, 6.45) is 4.83. The second kappa shape index (κ2) is 13.0. The van der Waals surface area contributed by atoms with Crippen LogP contribution in [0.4, 0.5) is 5.82 Å². The number of nitrogen functional groups attached to an aromatic ring is 1. The van der Waals surface area contributed by atoms with Crippen molar-refractivity contribution in [2.45, 2.75) is 32.4 Å². The van der Waals surface area contributed by atoms with Crippen molar-refractivity contribution >= 4 is 41.1 Å². The maximum atomic E-state index is 13.3. The SMILES string of the molecule is COc1cc(/C=N\NC(=O)c2c(CN3CCCCC3)nnn2-c2nonc2N)ccc1OCc1ccc(Cl)cc1Cl. The second-order valence-electron chi connectivity index (χ2n) is 9.24. The minimum absolute atomic E-state index is 0.0234. The Balaban J connectivity index is 1.29. The standard InChI is InChI=1S/C26H27Cl2N9O4/c1-39-22-11-16(5-8-21(22)40-15-17-6-7-18(27)12-19(17)28)13-30-32-26(38)23-20(14-36-9-3-2-4-10-36)31-35-37(23)25-24(29)33-41-34-25/h5-8,11-13H,2-4,9-10,14-15H2,1H3,(H2,29,33)(H,32,38)/b30-13-. The number of carbonyl (C=O) groups excluding carboxylic acids is 1. The molecule has 1 aliphatic heterocycles. The van der Waals surface area contributed by atoms with Crippen molar-refractivity contribution in [2.24, 2.45) is 5.10 Å². The lowest BCUT2D eigenvalue weighted by Crippen LogP contribution is -2.31. The number of nitrogens with two attached hydrogens (primary N) is 1. The molecule has 0 unspecified atom stereocenters. The fourth-order valence-electron chi connectivity index (χ4n) is 4.36. The molecule has 1 fully saturated rings. The molecule has 3 heterocycles. The number of nitrogens with one attached hydrogen (secondary N) is 1. The predicted octanol–water partition coefficient (Wildman–Crippen LogP) is 3.88. The monoisotopic (exact) mass is 599 g/mol. The molecule has 13 nitrogen and oxygen atoms in total. The number of methoxy groups -OCH3 is 1. The fourth-order valence-corrected chi connectivity index (χ4v) is 4.82. The summed E-state index contributed by atoms with van der Waals surface area (Å²) in [5, 5.41) is 20.8. The molecule has 5 rings (SSSR count). The summed E-state index contributed by atoms with van der Waals surface area (Å²) in [6, 6.07) is 10.4. The lowest BCUT2D eigenvalue weighted by Gasteiger charge is -2.25. The van der Waals surface area contributed by atoms with Gasteiger partial charge in [-0.1, -0.05) is 40.9 Å². The zero-order valence-corrected chi connectivity index (χ0v) is 23.6. The van der Waals surface area contributed by atoms with E-state index in [1.165, 1.54) is 24.4 Å². The minimum Gasteiger partial charge on any atom is -0.493 e. The number of anilines is 1. The summed E-state index contributed by atoms with van der Waals surface area (Å²) in [5.41, 5.74) is 10.4. The first-order valence-corrected chi connectivity index (χ1v) is 13.5. The number of aromatic nitrogens is 5. The van der Waals surface area contributed by atoms with Gasteiger partial charge in [0.1, 0.15) is 12.3 Å². The normalized spacial score (nSPS) is 13.9. The number of amides is 1. The van der Waals surface area contributed by atoms with Gasteiger partial charge in [-0.3, -0.25) is 9.69 Å². The Kier molecular flexibility index (Phi) is 8.97. The highest BCUT2D eigenvalue weighted by Gasteiger charge is 2.26. The maximum absolute atomic E-state index is 13.3. The van der Waals surface area contributed by atoms with Crippen LogP contribution < -0.4 is 20.6 Å². The number of likely N-dealkylation sites (tertiary alicyclic amines) is 1. The molecule has 0 saturated carbocycles. The van der Waals surface area contributed by atoms with Crippen molar-refractivity contribution < 1.29 is 18.9 Å². The first-order chi connectivity index (χ1) is 19.9. The van der Waals surface area contributed by atoms with E-state index in [1.54, 1.807) is 36.4 Å². The van der Waals surface area contributed by atoms with Gasteiger partial charge < -0.3 is 15.2 Å². The Labute approximate surface area is 245 Å². The average molecular weight is 600 g/mol. The number of carbonyl (C=O) groups is 1. The first kappa shape index (κ1) is 28.3. The van der Waals surface area contributed by atoms with Crippen LogP contribution in [0.25, 0.3) is 5.82 Å². The van der Waals surface area contributed by atoms with Crippen LogP contribution in [0.15, 0.2) is 46.1 Å². The van der Waals surface area contributed by atoms with Gasteiger partial charge in [-0.15, -0.1) is 5.10 Å². The number of piperidine rings is 1. The maximum Gasteiger partial charge on any atom is 0.292 e. The van der Waals surface area contributed by atoms with Crippen LogP contribution >= 0.6 is 23.2 Å². The number of hydrazone groups is 1. The summed E-state index contributed by atoms with van der Waals surface area (Å²) in [6.45, 7) is 2.49. The van der Waals surface area contributed by atoms with E-state index >= 15 is 0 Å². The van der Waals surface area contributed by atoms with Gasteiger partial charge in [-0.25, -0.2) is 10.1 Å². The molecule has 2 aromatic carbocycles. The van der Waals surface area contributed by atoms with Crippen LogP contribution in [0.5, 0.6) is 11.5 Å². The van der Waals surface area contributed by atoms with E-state index in [4.69, 9.17) is 43.0 Å². The first-order valence-electron chi connectivity index (χ1n) is 12.8. The molecular weight excluding hydrogens is 573 g/mol. The van der Waals surface area contributed by atoms with Gasteiger partial charge in [0.2, 0.25) is 11.6 Å². The Bertz CT molecular complexity index is 1550. The molecule has 0 radical (unpaired) electrons. The Hall–Kier alpha value is -4.20. The van der Waals surface area contributed by atoms with Crippen molar-refractivity contribution in [1.82, 2.24) is 35.6 Å². The Morgan fingerprint density at radius 3 is 2.71 bits per heavy atom. The minimum atomic E-state index is -0.549. The fraction of sp³-hybridized carbons (Fsp3) is 0.308. The molecule has 41 heavy (non-hydrogen) atoms. The van der Waals surface area contributed by atoms with Gasteiger partial charge in [-0.05, 0) is 72.1 Å². The summed E-state index contributed by atoms with van der Waals surface area (Å²) in [4.78, 5) is 15.5. The largest absolute Gasteiger partial charge is 0.493 e. The van der Waals surface area contributed by atoms with Crippen LogP contribution in [0, 0.1) is 0 Å². The quantitative estimate of drug-likeness (QED) is 0.202. The van der Waals surface area contributed by atoms with Crippen LogP contribution in [-0.2, 0) is 13.2 Å². The second-order valence-corrected chi connectivity index (χ2v) is 10.1. The molecule has 1 aliphatic rings. The van der Waals surface area contributed by atoms with E-state index < -0.39 is 5.91 Å². The number of hydrogen-bond donors (Lipinski definition) is 2. The van der Waals surface area contributed by atoms with Crippen molar-refractivity contribution in [3.05, 3.63) is 69.0 Å². The van der Waals surface area contributed by atoms with E-state index in [0.29, 0.717) is 39.3 Å². The third-order valence-electron chi connectivity index (χ3n) is 6.44. The summed E-state index contributed by atoms with van der Waals surface area (Å²) < 4.78 is 17.3. The van der Waals surface area contributed by atoms with E-state index in [9.17, 15) is 4.79 Å². The zero-order chi connectivity index (χ0) is 28.8.